The molecule has 0 aliphatic heterocycles. The van der Waals surface area contributed by atoms with Crippen LogP contribution in [0.5, 0.6) is 0 Å². The summed E-state index contributed by atoms with van der Waals surface area (Å²) in [6.45, 7) is 0. The maximum atomic E-state index is 12.7. The molecule has 20 heavy (non-hydrogen) atoms. The molecule has 102 valence electrons. The number of hydrogen-bond acceptors (Lipinski definition) is 3. The Labute approximate surface area is 113 Å². The van der Waals surface area contributed by atoms with E-state index in [-0.39, 0.29) is 6.42 Å². The molecule has 0 atom stereocenters. The molecule has 1 heterocycles. The first kappa shape index (κ1) is 13.9. The maximum absolute atomic E-state index is 12.7. The number of halogens is 3. The van der Waals surface area contributed by atoms with Crippen molar-refractivity contribution in [3.8, 4) is 17.3 Å². The van der Waals surface area contributed by atoms with E-state index in [1.807, 2.05) is 6.07 Å². The first-order valence-corrected chi connectivity index (χ1v) is 5.71. The van der Waals surface area contributed by atoms with Crippen LogP contribution in [-0.2, 0) is 12.6 Å². The van der Waals surface area contributed by atoms with Crippen molar-refractivity contribution in [2.24, 2.45) is 0 Å². The van der Waals surface area contributed by atoms with Crippen LogP contribution in [0.4, 0.5) is 18.9 Å². The summed E-state index contributed by atoms with van der Waals surface area (Å²) >= 11 is 0. The number of aromatic nitrogens is 1. The van der Waals surface area contributed by atoms with Gasteiger partial charge in [0.15, 0.2) is 0 Å². The van der Waals surface area contributed by atoms with E-state index >= 15 is 0 Å². The maximum Gasteiger partial charge on any atom is 0.416 e. The second kappa shape index (κ2) is 5.21. The van der Waals surface area contributed by atoms with Crippen LogP contribution in [0.1, 0.15) is 11.1 Å². The number of nitrogens with two attached hydrogens (primary N) is 1. The number of anilines is 1. The van der Waals surface area contributed by atoms with Crippen molar-refractivity contribution in [3.63, 3.8) is 0 Å². The lowest BCUT2D eigenvalue weighted by Crippen LogP contribution is -2.05. The van der Waals surface area contributed by atoms with Crippen molar-refractivity contribution in [3.05, 3.63) is 47.7 Å². The van der Waals surface area contributed by atoms with Crippen LogP contribution in [-0.4, -0.2) is 4.98 Å². The molecule has 0 bridgehead atoms. The number of benzene rings is 1. The van der Waals surface area contributed by atoms with Crippen molar-refractivity contribution < 1.29 is 13.2 Å². The highest BCUT2D eigenvalue weighted by molar-refractivity contribution is 5.66. The fraction of sp³-hybridized carbons (Fsp3) is 0.143. The van der Waals surface area contributed by atoms with Gasteiger partial charge in [-0.3, -0.25) is 4.98 Å². The smallest absolute Gasteiger partial charge is 0.397 e. The molecule has 2 rings (SSSR count). The first-order chi connectivity index (χ1) is 9.41. The predicted molar refractivity (Wildman–Crippen MR) is 68.4 cm³/mol. The first-order valence-electron chi connectivity index (χ1n) is 5.71. The van der Waals surface area contributed by atoms with E-state index in [1.54, 1.807) is 6.07 Å². The quantitative estimate of drug-likeness (QED) is 0.914. The summed E-state index contributed by atoms with van der Waals surface area (Å²) < 4.78 is 38.1. The van der Waals surface area contributed by atoms with Crippen molar-refractivity contribution in [2.45, 2.75) is 12.6 Å². The SMILES string of the molecule is N#CCc1cc(N)cnc1-c1cccc(C(F)(F)F)c1. The second-order valence-corrected chi connectivity index (χ2v) is 4.19. The minimum atomic E-state index is -4.42. The fourth-order valence-corrected chi connectivity index (χ4v) is 1.85. The van der Waals surface area contributed by atoms with E-state index in [4.69, 9.17) is 11.0 Å². The van der Waals surface area contributed by atoms with E-state index in [9.17, 15) is 13.2 Å². The normalized spacial score (nSPS) is 11.1. The standard InChI is InChI=1S/C14H10F3N3/c15-14(16,17)11-3-1-2-9(6-11)13-10(4-5-18)7-12(19)8-20-13/h1-3,6-8H,4,19H2. The lowest BCUT2D eigenvalue weighted by molar-refractivity contribution is -0.137. The number of rotatable bonds is 2. The van der Waals surface area contributed by atoms with Crippen molar-refractivity contribution in [1.82, 2.24) is 4.98 Å². The Bertz CT molecular complexity index is 672. The molecule has 0 aliphatic carbocycles. The average molecular weight is 277 g/mol. The molecular weight excluding hydrogens is 267 g/mol. The molecule has 0 spiro atoms. The lowest BCUT2D eigenvalue weighted by Gasteiger charge is -2.10. The van der Waals surface area contributed by atoms with Crippen LogP contribution < -0.4 is 5.73 Å². The third-order valence-corrected chi connectivity index (χ3v) is 2.72. The largest absolute Gasteiger partial charge is 0.416 e. The third kappa shape index (κ3) is 2.88. The van der Waals surface area contributed by atoms with Crippen LogP contribution in [0.3, 0.4) is 0 Å². The zero-order valence-corrected chi connectivity index (χ0v) is 10.3. The lowest BCUT2D eigenvalue weighted by atomic mass is 10.0. The minimum absolute atomic E-state index is 0.0314. The zero-order valence-electron chi connectivity index (χ0n) is 10.3. The highest BCUT2D eigenvalue weighted by atomic mass is 19.4. The Kier molecular flexibility index (Phi) is 3.61. The third-order valence-electron chi connectivity index (χ3n) is 2.72. The molecule has 0 radical (unpaired) electrons. The van der Waals surface area contributed by atoms with Gasteiger partial charge in [-0.05, 0) is 23.8 Å². The summed E-state index contributed by atoms with van der Waals surface area (Å²) in [6.07, 6.45) is -3.03. The Hall–Kier alpha value is -2.55. The summed E-state index contributed by atoms with van der Waals surface area (Å²) in [7, 11) is 0. The summed E-state index contributed by atoms with van der Waals surface area (Å²) in [5.74, 6) is 0. The van der Waals surface area contributed by atoms with E-state index < -0.39 is 11.7 Å². The van der Waals surface area contributed by atoms with E-state index in [0.29, 0.717) is 22.5 Å². The van der Waals surface area contributed by atoms with Crippen molar-refractivity contribution >= 4 is 5.69 Å². The molecule has 1 aromatic heterocycles. The molecule has 0 saturated heterocycles. The Morgan fingerprint density at radius 3 is 2.65 bits per heavy atom. The summed E-state index contributed by atoms with van der Waals surface area (Å²) in [5.41, 5.74) is 6.35. The van der Waals surface area contributed by atoms with Gasteiger partial charge < -0.3 is 5.73 Å². The van der Waals surface area contributed by atoms with Gasteiger partial charge in [0.2, 0.25) is 0 Å². The van der Waals surface area contributed by atoms with Gasteiger partial charge >= 0.3 is 6.18 Å². The van der Waals surface area contributed by atoms with Crippen LogP contribution in [0.25, 0.3) is 11.3 Å². The highest BCUT2D eigenvalue weighted by Crippen LogP contribution is 2.32. The van der Waals surface area contributed by atoms with Gasteiger partial charge in [0, 0.05) is 5.56 Å². The van der Waals surface area contributed by atoms with E-state index in [0.717, 1.165) is 12.1 Å². The van der Waals surface area contributed by atoms with E-state index in [1.165, 1.54) is 18.3 Å². The molecule has 2 N–H and O–H groups in total. The van der Waals surface area contributed by atoms with Gasteiger partial charge in [-0.2, -0.15) is 18.4 Å². The van der Waals surface area contributed by atoms with Gasteiger partial charge in [0.25, 0.3) is 0 Å². The summed E-state index contributed by atoms with van der Waals surface area (Å²) in [6, 6.07) is 8.33. The van der Waals surface area contributed by atoms with Gasteiger partial charge in [0.05, 0.1) is 35.6 Å². The Balaban J connectivity index is 2.55. The van der Waals surface area contributed by atoms with Gasteiger partial charge in [0.1, 0.15) is 0 Å². The molecular formula is C14H10F3N3. The van der Waals surface area contributed by atoms with Gasteiger partial charge in [-0.15, -0.1) is 0 Å². The van der Waals surface area contributed by atoms with Crippen LogP contribution in [0, 0.1) is 11.3 Å². The van der Waals surface area contributed by atoms with Crippen LogP contribution in [0.15, 0.2) is 36.5 Å². The molecule has 0 unspecified atom stereocenters. The number of alkyl halides is 3. The molecule has 1 aromatic carbocycles. The number of hydrogen-bond donors (Lipinski definition) is 1. The monoisotopic (exact) mass is 277 g/mol. The molecule has 2 aromatic rings. The summed E-state index contributed by atoms with van der Waals surface area (Å²) in [5, 5.41) is 8.77. The van der Waals surface area contributed by atoms with Gasteiger partial charge in [-0.1, -0.05) is 12.1 Å². The number of nitriles is 1. The molecule has 0 aliphatic rings. The van der Waals surface area contributed by atoms with Crippen LogP contribution >= 0.6 is 0 Å². The number of pyridine rings is 1. The number of nitrogen functional groups attached to an aromatic ring is 1. The Morgan fingerprint density at radius 2 is 2.00 bits per heavy atom. The highest BCUT2D eigenvalue weighted by Gasteiger charge is 2.30. The minimum Gasteiger partial charge on any atom is -0.397 e. The molecule has 6 heteroatoms. The zero-order chi connectivity index (χ0) is 14.8. The second-order valence-electron chi connectivity index (χ2n) is 4.19. The fourth-order valence-electron chi connectivity index (χ4n) is 1.85. The van der Waals surface area contributed by atoms with E-state index in [2.05, 4.69) is 4.98 Å². The average Bonchev–Trinajstić information content (AvgIpc) is 2.38. The number of nitrogens with zero attached hydrogens (tertiary/aromatic N) is 2. The molecule has 3 nitrogen and oxygen atoms in total. The van der Waals surface area contributed by atoms with Gasteiger partial charge in [-0.25, -0.2) is 0 Å². The predicted octanol–water partition coefficient (Wildman–Crippen LogP) is 3.42. The molecule has 0 fully saturated rings. The molecule has 0 amide bonds. The molecule has 0 saturated carbocycles. The van der Waals surface area contributed by atoms with Crippen molar-refractivity contribution in [2.75, 3.05) is 5.73 Å². The van der Waals surface area contributed by atoms with Crippen molar-refractivity contribution in [1.29, 1.82) is 5.26 Å². The van der Waals surface area contributed by atoms with Crippen LogP contribution in [0.2, 0.25) is 0 Å². The summed E-state index contributed by atoms with van der Waals surface area (Å²) in [4.78, 5) is 4.05. The topological polar surface area (TPSA) is 62.7 Å². The Morgan fingerprint density at radius 1 is 1.25 bits per heavy atom.